The lowest BCUT2D eigenvalue weighted by Crippen LogP contribution is -2.26. The molecule has 4 rings (SSSR count). The molecule has 28 heavy (non-hydrogen) atoms. The first-order valence-corrected chi connectivity index (χ1v) is 10.9. The molecule has 0 saturated heterocycles. The molecule has 138 valence electrons. The molecule has 0 aliphatic rings. The van der Waals surface area contributed by atoms with E-state index in [-0.39, 0.29) is 0 Å². The highest BCUT2D eigenvalue weighted by Gasteiger charge is 2.19. The van der Waals surface area contributed by atoms with Crippen LogP contribution < -0.4 is 20.8 Å². The van der Waals surface area contributed by atoms with Crippen LogP contribution in [0.25, 0.3) is 0 Å². The minimum Gasteiger partial charge on any atom is -0.370 e. The highest BCUT2D eigenvalue weighted by molar-refractivity contribution is 7.79. The Morgan fingerprint density at radius 1 is 0.571 bits per heavy atom. The number of para-hydroxylation sites is 1. The van der Waals surface area contributed by atoms with E-state index in [1.54, 1.807) is 0 Å². The van der Waals surface area contributed by atoms with Crippen LogP contribution >= 0.6 is 7.92 Å². The average Bonchev–Trinajstić information content (AvgIpc) is 2.77. The minimum atomic E-state index is -0.593. The third kappa shape index (κ3) is 4.16. The summed E-state index contributed by atoms with van der Waals surface area (Å²) in [7, 11) is 1.57. The summed E-state index contributed by atoms with van der Waals surface area (Å²) in [4.78, 5) is 2.32. The molecule has 0 fully saturated rings. The van der Waals surface area contributed by atoms with Crippen LogP contribution in [0.3, 0.4) is 0 Å². The van der Waals surface area contributed by atoms with E-state index in [1.807, 2.05) is 0 Å². The summed E-state index contributed by atoms with van der Waals surface area (Å²) in [6, 6.07) is 41.3. The third-order valence-corrected chi connectivity index (χ3v) is 7.41. The first-order valence-electron chi connectivity index (χ1n) is 9.57. The van der Waals surface area contributed by atoms with Crippen molar-refractivity contribution >= 4 is 29.5 Å². The molecule has 0 atom stereocenters. The molecule has 0 aromatic heterocycles. The molecule has 0 aliphatic carbocycles. The van der Waals surface area contributed by atoms with Gasteiger partial charge in [0.05, 0.1) is 0 Å². The molecule has 0 aliphatic heterocycles. The zero-order chi connectivity index (χ0) is 19.2. The zero-order valence-corrected chi connectivity index (χ0v) is 17.0. The van der Waals surface area contributed by atoms with Gasteiger partial charge in [-0.25, -0.2) is 0 Å². The van der Waals surface area contributed by atoms with Crippen LogP contribution in [-0.2, 0) is 6.54 Å². The molecule has 0 N–H and O–H groups in total. The van der Waals surface area contributed by atoms with E-state index in [2.05, 4.69) is 127 Å². The predicted molar refractivity (Wildman–Crippen MR) is 124 cm³/mol. The first-order chi connectivity index (χ1) is 13.8. The van der Waals surface area contributed by atoms with E-state index in [0.717, 1.165) is 6.54 Å². The molecule has 1 nitrogen and oxygen atoms in total. The average molecular weight is 381 g/mol. The van der Waals surface area contributed by atoms with Gasteiger partial charge in [-0.1, -0.05) is 103 Å². The van der Waals surface area contributed by atoms with Gasteiger partial charge in [-0.05, 0) is 41.5 Å². The summed E-state index contributed by atoms with van der Waals surface area (Å²) < 4.78 is 0. The molecule has 2 heteroatoms. The van der Waals surface area contributed by atoms with Gasteiger partial charge in [0, 0.05) is 19.3 Å². The number of benzene rings is 4. The van der Waals surface area contributed by atoms with Gasteiger partial charge in [0.15, 0.2) is 0 Å². The summed E-state index contributed by atoms with van der Waals surface area (Å²) in [5.41, 5.74) is 2.62. The topological polar surface area (TPSA) is 3.24 Å². The molecule has 0 spiro atoms. The maximum Gasteiger partial charge on any atom is 0.0432 e. The largest absolute Gasteiger partial charge is 0.370 e. The van der Waals surface area contributed by atoms with E-state index in [1.165, 1.54) is 27.2 Å². The molecular weight excluding hydrogens is 357 g/mol. The number of hydrogen-bond donors (Lipinski definition) is 0. The molecule has 0 amide bonds. The fourth-order valence-electron chi connectivity index (χ4n) is 3.47. The molecule has 0 unspecified atom stereocenters. The van der Waals surface area contributed by atoms with Gasteiger partial charge in [-0.15, -0.1) is 0 Å². The number of nitrogens with zero attached hydrogens (tertiary/aromatic N) is 1. The molecule has 4 aromatic rings. The van der Waals surface area contributed by atoms with Crippen LogP contribution in [0, 0.1) is 0 Å². The lowest BCUT2D eigenvalue weighted by atomic mass is 10.2. The predicted octanol–water partition coefficient (Wildman–Crippen LogP) is 5.08. The maximum absolute atomic E-state index is 2.32. The normalized spacial score (nSPS) is 10.8. The molecule has 4 aromatic carbocycles. The Balaban J connectivity index is 1.76. The Morgan fingerprint density at radius 2 is 1.04 bits per heavy atom. The van der Waals surface area contributed by atoms with Crippen LogP contribution in [0.1, 0.15) is 5.56 Å². The minimum absolute atomic E-state index is 0.593. The Kier molecular flexibility index (Phi) is 5.85. The third-order valence-electron chi connectivity index (χ3n) is 4.87. The molecule has 0 heterocycles. The number of rotatable bonds is 6. The van der Waals surface area contributed by atoms with Gasteiger partial charge in [0.1, 0.15) is 0 Å². The van der Waals surface area contributed by atoms with Crippen LogP contribution in [0.15, 0.2) is 115 Å². The number of anilines is 1. The SMILES string of the molecule is CN(Cc1ccccc1P(c1ccccc1)c1ccccc1)c1ccccc1. The molecule has 0 bridgehead atoms. The molecular formula is C26H24NP. The van der Waals surface area contributed by atoms with Crippen LogP contribution in [0.4, 0.5) is 5.69 Å². The van der Waals surface area contributed by atoms with Crippen molar-refractivity contribution in [2.45, 2.75) is 6.54 Å². The van der Waals surface area contributed by atoms with Gasteiger partial charge in [-0.3, -0.25) is 0 Å². The van der Waals surface area contributed by atoms with Crippen molar-refractivity contribution in [1.82, 2.24) is 0 Å². The van der Waals surface area contributed by atoms with E-state index >= 15 is 0 Å². The summed E-state index contributed by atoms with van der Waals surface area (Å²) in [6.07, 6.45) is 0. The zero-order valence-electron chi connectivity index (χ0n) is 16.1. The highest BCUT2D eigenvalue weighted by atomic mass is 31.1. The summed E-state index contributed by atoms with van der Waals surface area (Å²) in [5.74, 6) is 0. The second-order valence-electron chi connectivity index (χ2n) is 6.83. The smallest absolute Gasteiger partial charge is 0.0432 e. The Bertz CT molecular complexity index is 961. The van der Waals surface area contributed by atoms with E-state index in [0.29, 0.717) is 0 Å². The molecule has 0 radical (unpaired) electrons. The Labute approximate surface area is 169 Å². The molecule has 0 saturated carbocycles. The van der Waals surface area contributed by atoms with Gasteiger partial charge >= 0.3 is 0 Å². The Hall–Kier alpha value is -2.89. The lowest BCUT2D eigenvalue weighted by Gasteiger charge is -2.25. The standard InChI is InChI=1S/C26H24NP/c1-27(23-14-5-2-6-15-23)21-22-13-11-12-20-26(22)28(24-16-7-3-8-17-24)25-18-9-4-10-19-25/h2-20H,21H2,1H3. The summed E-state index contributed by atoms with van der Waals surface area (Å²) >= 11 is 0. The van der Waals surface area contributed by atoms with Crippen molar-refractivity contribution in [2.75, 3.05) is 11.9 Å². The monoisotopic (exact) mass is 381 g/mol. The second kappa shape index (κ2) is 8.87. The van der Waals surface area contributed by atoms with Crippen LogP contribution in [0.5, 0.6) is 0 Å². The quantitative estimate of drug-likeness (QED) is 0.421. The van der Waals surface area contributed by atoms with Gasteiger partial charge in [-0.2, -0.15) is 0 Å². The Morgan fingerprint density at radius 3 is 1.61 bits per heavy atom. The highest BCUT2D eigenvalue weighted by Crippen LogP contribution is 2.34. The van der Waals surface area contributed by atoms with Gasteiger partial charge in [0.25, 0.3) is 0 Å². The van der Waals surface area contributed by atoms with Crippen molar-refractivity contribution in [3.63, 3.8) is 0 Å². The first kappa shape index (κ1) is 18.5. The van der Waals surface area contributed by atoms with Crippen LogP contribution in [-0.4, -0.2) is 7.05 Å². The van der Waals surface area contributed by atoms with Gasteiger partial charge < -0.3 is 4.90 Å². The lowest BCUT2D eigenvalue weighted by molar-refractivity contribution is 0.928. The summed E-state index contributed by atoms with van der Waals surface area (Å²) in [5, 5.41) is 4.20. The maximum atomic E-state index is 2.32. The van der Waals surface area contributed by atoms with E-state index < -0.39 is 7.92 Å². The number of hydrogen-bond acceptors (Lipinski definition) is 1. The van der Waals surface area contributed by atoms with Crippen LogP contribution in [0.2, 0.25) is 0 Å². The van der Waals surface area contributed by atoms with Crippen molar-refractivity contribution in [1.29, 1.82) is 0 Å². The second-order valence-corrected chi connectivity index (χ2v) is 9.01. The van der Waals surface area contributed by atoms with Crippen molar-refractivity contribution in [3.8, 4) is 0 Å². The fraction of sp³-hybridized carbons (Fsp3) is 0.0769. The van der Waals surface area contributed by atoms with Gasteiger partial charge in [0.2, 0.25) is 0 Å². The van der Waals surface area contributed by atoms with E-state index in [9.17, 15) is 0 Å². The summed E-state index contributed by atoms with van der Waals surface area (Å²) in [6.45, 7) is 0.888. The van der Waals surface area contributed by atoms with Crippen molar-refractivity contribution < 1.29 is 0 Å². The van der Waals surface area contributed by atoms with E-state index in [4.69, 9.17) is 0 Å². The fourth-order valence-corrected chi connectivity index (χ4v) is 5.94. The van der Waals surface area contributed by atoms with Crippen molar-refractivity contribution in [2.24, 2.45) is 0 Å². The van der Waals surface area contributed by atoms with Crippen molar-refractivity contribution in [3.05, 3.63) is 121 Å².